The van der Waals surface area contributed by atoms with E-state index < -0.39 is 49.6 Å². The molecule has 0 bridgehead atoms. The van der Waals surface area contributed by atoms with Crippen LogP contribution in [-0.4, -0.2) is 61.7 Å². The van der Waals surface area contributed by atoms with Crippen LogP contribution in [0.4, 0.5) is 13.2 Å². The summed E-state index contributed by atoms with van der Waals surface area (Å²) in [4.78, 5) is 28.3. The van der Waals surface area contributed by atoms with Crippen molar-refractivity contribution in [3.63, 3.8) is 0 Å². The number of nitrogens with zero attached hydrogens (tertiary/aromatic N) is 1. The average molecular weight is 591 g/mol. The largest absolute Gasteiger partial charge is 0.404 e. The molecule has 0 aliphatic carbocycles. The van der Waals surface area contributed by atoms with E-state index in [9.17, 15) is 36.3 Å². The van der Waals surface area contributed by atoms with Gasteiger partial charge in [0.1, 0.15) is 10.9 Å². The molecule has 0 saturated carbocycles. The van der Waals surface area contributed by atoms with Gasteiger partial charge >= 0.3 is 6.18 Å². The third-order valence-corrected chi connectivity index (χ3v) is 8.29. The Kier molecular flexibility index (Phi) is 9.40. The quantitative estimate of drug-likeness (QED) is 0.354. The highest BCUT2D eigenvalue weighted by molar-refractivity contribution is 7.89. The lowest BCUT2D eigenvalue weighted by molar-refractivity contribution is -0.147. The Morgan fingerprint density at radius 2 is 1.81 bits per heavy atom. The van der Waals surface area contributed by atoms with E-state index in [1.807, 2.05) is 0 Å². The van der Waals surface area contributed by atoms with Gasteiger partial charge in [-0.15, -0.1) is 11.3 Å². The van der Waals surface area contributed by atoms with Crippen LogP contribution in [0.15, 0.2) is 17.0 Å². The summed E-state index contributed by atoms with van der Waals surface area (Å²) in [5.41, 5.74) is -0.955. The van der Waals surface area contributed by atoms with Crippen LogP contribution in [0, 0.1) is 0 Å². The van der Waals surface area contributed by atoms with E-state index >= 15 is 0 Å². The maximum absolute atomic E-state index is 12.9. The lowest BCUT2D eigenvalue weighted by Gasteiger charge is -2.18. The molecule has 1 atom stereocenters. The number of carbonyl (C=O) groups excluding carboxylic acids is 2. The first-order chi connectivity index (χ1) is 16.4. The normalized spacial score (nSPS) is 13.4. The van der Waals surface area contributed by atoms with E-state index in [0.717, 1.165) is 17.4 Å². The first-order valence-electron chi connectivity index (χ1n) is 10.2. The summed E-state index contributed by atoms with van der Waals surface area (Å²) in [5.74, 6) is -1.09. The number of benzene rings is 1. The number of halogens is 5. The third-order valence-electron chi connectivity index (χ3n) is 4.58. The lowest BCUT2D eigenvalue weighted by Crippen LogP contribution is -2.43. The van der Waals surface area contributed by atoms with Crippen molar-refractivity contribution >= 4 is 56.4 Å². The molecule has 2 aromatic rings. The van der Waals surface area contributed by atoms with Crippen LogP contribution in [-0.2, 0) is 21.2 Å². The van der Waals surface area contributed by atoms with Crippen LogP contribution in [0.25, 0.3) is 10.4 Å². The molecule has 1 aromatic heterocycles. The van der Waals surface area contributed by atoms with Gasteiger partial charge in [0.25, 0.3) is 5.91 Å². The number of rotatable bonds is 9. The van der Waals surface area contributed by atoms with Gasteiger partial charge in [-0.05, 0) is 26.8 Å². The van der Waals surface area contributed by atoms with Crippen molar-refractivity contribution in [3.8, 4) is 10.4 Å². The molecule has 0 aliphatic heterocycles. The Balaban J connectivity index is 2.54. The molecule has 0 unspecified atom stereocenters. The number of sulfonamides is 1. The van der Waals surface area contributed by atoms with Gasteiger partial charge in [0.2, 0.25) is 15.9 Å². The Hall–Kier alpha value is -1.97. The van der Waals surface area contributed by atoms with E-state index in [1.165, 1.54) is 31.7 Å². The Labute approximate surface area is 219 Å². The molecule has 0 radical (unpaired) electrons. The maximum atomic E-state index is 12.9. The van der Waals surface area contributed by atoms with E-state index in [0.29, 0.717) is 6.92 Å². The molecular weight excluding hydrogens is 568 g/mol. The van der Waals surface area contributed by atoms with Crippen LogP contribution in [0.5, 0.6) is 0 Å². The van der Waals surface area contributed by atoms with Gasteiger partial charge in [0, 0.05) is 19.2 Å². The molecule has 0 fully saturated rings. The van der Waals surface area contributed by atoms with E-state index in [-0.39, 0.29) is 39.1 Å². The Bertz CT molecular complexity index is 1260. The van der Waals surface area contributed by atoms with Crippen LogP contribution < -0.4 is 15.4 Å². The van der Waals surface area contributed by atoms with E-state index in [1.54, 1.807) is 0 Å². The highest BCUT2D eigenvalue weighted by Gasteiger charge is 2.39. The van der Waals surface area contributed by atoms with Crippen LogP contribution in [0.2, 0.25) is 10.0 Å². The van der Waals surface area contributed by atoms with Crippen molar-refractivity contribution in [1.82, 2.24) is 20.3 Å². The third kappa shape index (κ3) is 7.52. The molecule has 9 nitrogen and oxygen atoms in total. The van der Waals surface area contributed by atoms with Gasteiger partial charge in [-0.1, -0.05) is 29.3 Å². The van der Waals surface area contributed by atoms with Crippen molar-refractivity contribution in [2.45, 2.75) is 49.9 Å². The molecule has 1 aromatic carbocycles. The summed E-state index contributed by atoms with van der Waals surface area (Å²) in [6, 6.07) is -0.227. The predicted octanol–water partition coefficient (Wildman–Crippen LogP) is 3.14. The molecule has 0 aliphatic rings. The summed E-state index contributed by atoms with van der Waals surface area (Å²) in [7, 11) is -3.32. The summed E-state index contributed by atoms with van der Waals surface area (Å²) in [5, 5.41) is 13.8. The van der Waals surface area contributed by atoms with Crippen LogP contribution >= 0.6 is 34.5 Å². The number of aliphatic hydroxyl groups is 1. The standard InChI is InChI=1S/C20H23Cl2F3N4O5S2/c1-9(20(23,24)25)29-36(33,34)12-6-5-10(14(21)15(12)22)16-11(7-13(30)26-4)28-18(35-16)17(31)27-8-19(2,3)32/h5-6,9,29,32H,7-8H2,1-4H3,(H,26,30)(H,27,31)/t9-/m0/s1. The molecule has 16 heteroatoms. The molecule has 0 spiro atoms. The minimum atomic E-state index is -4.83. The maximum Gasteiger partial charge on any atom is 0.404 e. The van der Waals surface area contributed by atoms with Crippen molar-refractivity contribution < 1.29 is 36.3 Å². The number of amides is 2. The number of nitrogens with one attached hydrogen (secondary N) is 3. The fourth-order valence-corrected chi connectivity index (χ4v) is 5.85. The van der Waals surface area contributed by atoms with E-state index in [2.05, 4.69) is 15.6 Å². The monoisotopic (exact) mass is 590 g/mol. The summed E-state index contributed by atoms with van der Waals surface area (Å²) in [6.45, 7) is 3.51. The Morgan fingerprint density at radius 1 is 1.19 bits per heavy atom. The number of hydrogen-bond acceptors (Lipinski definition) is 7. The van der Waals surface area contributed by atoms with Crippen molar-refractivity contribution in [3.05, 3.63) is 32.9 Å². The van der Waals surface area contributed by atoms with Crippen molar-refractivity contribution in [2.75, 3.05) is 13.6 Å². The van der Waals surface area contributed by atoms with Gasteiger partial charge in [0.05, 0.1) is 32.6 Å². The zero-order valence-electron chi connectivity index (χ0n) is 19.4. The molecule has 36 heavy (non-hydrogen) atoms. The number of aromatic nitrogens is 1. The van der Waals surface area contributed by atoms with Gasteiger partial charge < -0.3 is 15.7 Å². The SMILES string of the molecule is CNC(=O)Cc1nc(C(=O)NCC(C)(C)O)sc1-c1ccc(S(=O)(=O)N[C@@H](C)C(F)(F)F)c(Cl)c1Cl. The molecular formula is C20H23Cl2F3N4O5S2. The van der Waals surface area contributed by atoms with Gasteiger partial charge in [-0.2, -0.15) is 17.9 Å². The van der Waals surface area contributed by atoms with Crippen LogP contribution in [0.3, 0.4) is 0 Å². The number of thiazole rings is 1. The number of alkyl halides is 3. The van der Waals surface area contributed by atoms with Crippen molar-refractivity contribution in [1.29, 1.82) is 0 Å². The van der Waals surface area contributed by atoms with E-state index in [4.69, 9.17) is 23.2 Å². The first-order valence-corrected chi connectivity index (χ1v) is 13.2. The zero-order chi connectivity index (χ0) is 27.6. The molecule has 0 saturated heterocycles. The number of hydrogen-bond donors (Lipinski definition) is 4. The van der Waals surface area contributed by atoms with Gasteiger partial charge in [-0.25, -0.2) is 13.4 Å². The topological polar surface area (TPSA) is 137 Å². The molecule has 2 rings (SSSR count). The number of likely N-dealkylation sites (N-methyl/N-ethyl adjacent to an activating group) is 1. The Morgan fingerprint density at radius 3 is 2.33 bits per heavy atom. The predicted molar refractivity (Wildman–Crippen MR) is 130 cm³/mol. The summed E-state index contributed by atoms with van der Waals surface area (Å²) < 4.78 is 65.1. The number of carbonyl (C=O) groups is 2. The van der Waals surface area contributed by atoms with Gasteiger partial charge in [0.15, 0.2) is 5.01 Å². The molecule has 1 heterocycles. The smallest absolute Gasteiger partial charge is 0.389 e. The average Bonchev–Trinajstić information content (AvgIpc) is 3.15. The summed E-state index contributed by atoms with van der Waals surface area (Å²) >= 11 is 13.3. The fraction of sp³-hybridized carbons (Fsp3) is 0.450. The summed E-state index contributed by atoms with van der Waals surface area (Å²) in [6.07, 6.45) is -5.09. The highest BCUT2D eigenvalue weighted by atomic mass is 35.5. The van der Waals surface area contributed by atoms with Crippen molar-refractivity contribution in [2.24, 2.45) is 0 Å². The minimum absolute atomic E-state index is 0.0716. The zero-order valence-corrected chi connectivity index (χ0v) is 22.5. The minimum Gasteiger partial charge on any atom is -0.389 e. The second kappa shape index (κ2) is 11.2. The fourth-order valence-electron chi connectivity index (χ4n) is 2.67. The van der Waals surface area contributed by atoms with Gasteiger partial charge in [-0.3, -0.25) is 9.59 Å². The molecule has 200 valence electrons. The lowest BCUT2D eigenvalue weighted by atomic mass is 10.1. The first kappa shape index (κ1) is 30.3. The molecule has 2 amide bonds. The highest BCUT2D eigenvalue weighted by Crippen LogP contribution is 2.41. The second-order valence-electron chi connectivity index (χ2n) is 8.26. The van der Waals surface area contributed by atoms with Crippen LogP contribution in [0.1, 0.15) is 36.3 Å². The second-order valence-corrected chi connectivity index (χ2v) is 11.7. The molecule has 4 N–H and O–H groups in total.